The predicted molar refractivity (Wildman–Crippen MR) is 19.6 cm³/mol. The Morgan fingerprint density at radius 2 is 2.25 bits per heavy atom. The maximum absolute atomic E-state index is 4.89. The van der Waals surface area contributed by atoms with Crippen molar-refractivity contribution in [3.8, 4) is 0 Å². The number of hydrogen-bond donors (Lipinski definition) is 0. The lowest BCUT2D eigenvalue weighted by Crippen LogP contribution is -1.05. The molecule has 0 aromatic rings. The molecule has 0 saturated heterocycles. The fourth-order valence-corrected chi connectivity index (χ4v) is 0. The summed E-state index contributed by atoms with van der Waals surface area (Å²) >= 11 is 4.89. The van der Waals surface area contributed by atoms with E-state index in [0.29, 0.717) is 0 Å². The molecule has 22 valence electrons. The van der Waals surface area contributed by atoms with Crippen molar-refractivity contribution in [3.05, 3.63) is 17.8 Å². The monoisotopic (exact) mass is 74.0 g/mol. The van der Waals surface area contributed by atoms with Gasteiger partial charge < -0.3 is 0 Å². The smallest absolute Gasteiger partial charge is 0.0456 e. The molecule has 1 heteroatoms. The molecule has 0 amide bonds. The van der Waals surface area contributed by atoms with E-state index in [1.807, 2.05) is 0 Å². The Morgan fingerprint density at radius 1 is 2.00 bits per heavy atom. The summed E-state index contributed by atoms with van der Waals surface area (Å²) < 4.78 is 0. The molecule has 0 aromatic carbocycles. The van der Waals surface area contributed by atoms with Crippen LogP contribution in [0.15, 0.2) is 17.8 Å². The van der Waals surface area contributed by atoms with E-state index in [1.165, 1.54) is 5.54 Å². The molecule has 0 aliphatic heterocycles. The van der Waals surface area contributed by atoms with Crippen molar-refractivity contribution in [1.29, 1.82) is 0 Å². The fourth-order valence-electron chi connectivity index (χ4n) is 0. The summed E-state index contributed by atoms with van der Waals surface area (Å²) in [5.41, 5.74) is 3.56. The number of halogens is 1. The van der Waals surface area contributed by atoms with Crippen LogP contribution in [0.2, 0.25) is 0 Å². The Bertz CT molecular complexity index is 41.2. The van der Waals surface area contributed by atoms with Crippen LogP contribution in [0.1, 0.15) is 0 Å². The summed E-state index contributed by atoms with van der Waals surface area (Å²) in [5.74, 6) is 0. The maximum atomic E-state index is 4.89. The van der Waals surface area contributed by atoms with E-state index in [2.05, 4.69) is 12.3 Å². The van der Waals surface area contributed by atoms with Crippen molar-refractivity contribution in [3.63, 3.8) is 0 Å². The van der Waals surface area contributed by atoms with E-state index in [-0.39, 0.29) is 0 Å². The quantitative estimate of drug-likeness (QED) is 0.382. The van der Waals surface area contributed by atoms with Gasteiger partial charge in [0.25, 0.3) is 0 Å². The van der Waals surface area contributed by atoms with E-state index in [1.54, 1.807) is 0 Å². The van der Waals surface area contributed by atoms with Crippen molar-refractivity contribution < 1.29 is 0 Å². The molecule has 0 N–H and O–H groups in total. The normalized spacial score (nSPS) is 4.25. The third kappa shape index (κ3) is 1.81. The largest absolute Gasteiger partial charge is 0.116 e. The summed E-state index contributed by atoms with van der Waals surface area (Å²) in [7, 11) is 0. The van der Waals surface area contributed by atoms with E-state index < -0.39 is 0 Å². The van der Waals surface area contributed by atoms with Crippen LogP contribution in [-0.2, 0) is 0 Å². The van der Waals surface area contributed by atoms with Crippen LogP contribution in [0.4, 0.5) is 0 Å². The molecule has 0 atom stereocenters. The van der Waals surface area contributed by atoms with Gasteiger partial charge in [0.15, 0.2) is 0 Å². The van der Waals surface area contributed by atoms with Gasteiger partial charge in [-0.1, -0.05) is 18.2 Å². The SMILES string of the molecule is C=C=CCl. The molecule has 0 aliphatic carbocycles. The second-order valence-corrected chi connectivity index (χ2v) is 0.531. The Morgan fingerprint density at radius 3 is 2.25 bits per heavy atom. The molecule has 4 heavy (non-hydrogen) atoms. The lowest BCUT2D eigenvalue weighted by molar-refractivity contribution is 2.43. The second kappa shape index (κ2) is 2.81. The fraction of sp³-hybridized carbons (Fsp3) is 0. The van der Waals surface area contributed by atoms with Gasteiger partial charge in [-0.2, -0.15) is 0 Å². The zero-order chi connectivity index (χ0) is 3.41. The molecule has 0 radical (unpaired) electrons. The van der Waals surface area contributed by atoms with Gasteiger partial charge >= 0.3 is 0 Å². The van der Waals surface area contributed by atoms with Gasteiger partial charge in [-0.25, -0.2) is 0 Å². The first-order valence-electron chi connectivity index (χ1n) is 0.860. The molecule has 0 unspecified atom stereocenters. The Kier molecular flexibility index (Phi) is 2.68. The highest BCUT2D eigenvalue weighted by molar-refractivity contribution is 6.25. The van der Waals surface area contributed by atoms with Crippen LogP contribution in [-0.4, -0.2) is 0 Å². The number of rotatable bonds is 0. The average molecular weight is 74.5 g/mol. The first-order chi connectivity index (χ1) is 1.91. The van der Waals surface area contributed by atoms with E-state index >= 15 is 0 Å². The lowest BCUT2D eigenvalue weighted by atomic mass is 11.0. The second-order valence-electron chi connectivity index (χ2n) is 0.313. The third-order valence-electron chi connectivity index (χ3n) is 0.0772. The Balaban J connectivity index is 3.11. The van der Waals surface area contributed by atoms with Gasteiger partial charge in [0.1, 0.15) is 0 Å². The molecule has 0 aromatic heterocycles. The minimum Gasteiger partial charge on any atom is -0.116 e. The summed E-state index contributed by atoms with van der Waals surface area (Å²) in [5, 5.41) is 0. The highest BCUT2D eigenvalue weighted by atomic mass is 35.5. The topological polar surface area (TPSA) is 0 Å². The molecule has 0 heterocycles. The van der Waals surface area contributed by atoms with Crippen LogP contribution < -0.4 is 0 Å². The molecule has 0 rings (SSSR count). The van der Waals surface area contributed by atoms with Gasteiger partial charge in [0.05, 0.1) is 0 Å². The molecule has 0 bridgehead atoms. The molecule has 0 aliphatic rings. The molecule has 0 saturated carbocycles. The van der Waals surface area contributed by atoms with Crippen molar-refractivity contribution in [1.82, 2.24) is 0 Å². The predicted octanol–water partition coefficient (Wildman–Crippen LogP) is 1.52. The van der Waals surface area contributed by atoms with Crippen molar-refractivity contribution in [2.75, 3.05) is 0 Å². The molecular formula is C3H3Cl. The summed E-state index contributed by atoms with van der Waals surface area (Å²) in [6.45, 7) is 3.17. The summed E-state index contributed by atoms with van der Waals surface area (Å²) in [6, 6.07) is 0. The molecular weight excluding hydrogens is 71.5 g/mol. The zero-order valence-electron chi connectivity index (χ0n) is 2.16. The van der Waals surface area contributed by atoms with E-state index in [9.17, 15) is 0 Å². The minimum absolute atomic E-state index is 1.24. The highest BCUT2D eigenvalue weighted by Gasteiger charge is 1.28. The third-order valence-corrected chi connectivity index (χ3v) is 0.231. The number of hydrogen-bond acceptors (Lipinski definition) is 0. The minimum atomic E-state index is 1.24. The molecule has 0 spiro atoms. The van der Waals surface area contributed by atoms with Crippen LogP contribution in [0.25, 0.3) is 0 Å². The Labute approximate surface area is 30.4 Å². The van der Waals surface area contributed by atoms with E-state index in [0.717, 1.165) is 0 Å². The first-order valence-corrected chi connectivity index (χ1v) is 1.30. The Hall–Kier alpha value is -0.190. The van der Waals surface area contributed by atoms with Crippen molar-refractivity contribution in [2.45, 2.75) is 0 Å². The standard InChI is InChI=1S/C3H3Cl/c1-2-3-4/h3H,1H2. The van der Waals surface area contributed by atoms with Gasteiger partial charge in [-0.3, -0.25) is 0 Å². The van der Waals surface area contributed by atoms with Crippen molar-refractivity contribution >= 4 is 11.6 Å². The lowest BCUT2D eigenvalue weighted by Gasteiger charge is -1.34. The van der Waals surface area contributed by atoms with Crippen LogP contribution in [0.5, 0.6) is 0 Å². The van der Waals surface area contributed by atoms with Gasteiger partial charge in [-0.05, 0) is 0 Å². The first kappa shape index (κ1) is 3.81. The zero-order valence-corrected chi connectivity index (χ0v) is 2.92. The maximum Gasteiger partial charge on any atom is 0.0456 e. The van der Waals surface area contributed by atoms with Gasteiger partial charge in [-0.15, -0.1) is 5.73 Å². The summed E-state index contributed by atoms with van der Waals surface area (Å²) in [6.07, 6.45) is 0. The molecule has 0 fully saturated rings. The van der Waals surface area contributed by atoms with Crippen LogP contribution in [0.3, 0.4) is 0 Å². The average Bonchev–Trinajstić information content (AvgIpc) is 1.37. The highest BCUT2D eigenvalue weighted by Crippen LogP contribution is 1.64. The van der Waals surface area contributed by atoms with Crippen molar-refractivity contribution in [2.24, 2.45) is 0 Å². The van der Waals surface area contributed by atoms with Gasteiger partial charge in [0.2, 0.25) is 0 Å². The molecule has 0 nitrogen and oxygen atoms in total. The van der Waals surface area contributed by atoms with Crippen LogP contribution >= 0.6 is 11.6 Å². The van der Waals surface area contributed by atoms with E-state index in [4.69, 9.17) is 11.6 Å². The van der Waals surface area contributed by atoms with Crippen LogP contribution in [0, 0.1) is 0 Å². The summed E-state index contributed by atoms with van der Waals surface area (Å²) in [4.78, 5) is 0. The van der Waals surface area contributed by atoms with Gasteiger partial charge in [0, 0.05) is 5.54 Å².